The molecule has 51 heavy (non-hydrogen) atoms. The summed E-state index contributed by atoms with van der Waals surface area (Å²) >= 11 is 0.163. The molecule has 11 aromatic rings. The van der Waals surface area contributed by atoms with Crippen LogP contribution in [0.1, 0.15) is 0 Å². The van der Waals surface area contributed by atoms with Gasteiger partial charge < -0.3 is 0 Å². The van der Waals surface area contributed by atoms with Crippen LogP contribution in [0.3, 0.4) is 0 Å². The fraction of sp³-hybridized carbons (Fsp3) is 0. The number of fused-ring (bicyclic) bond motifs is 7. The first kappa shape index (κ1) is 28.7. The van der Waals surface area contributed by atoms with Gasteiger partial charge in [0.05, 0.1) is 0 Å². The van der Waals surface area contributed by atoms with Crippen molar-refractivity contribution in [3.8, 4) is 44.9 Å². The van der Waals surface area contributed by atoms with Crippen molar-refractivity contribution >= 4 is 76.9 Å². The number of benzene rings is 8. The van der Waals surface area contributed by atoms with Gasteiger partial charge in [-0.15, -0.1) is 0 Å². The molecule has 11 rings (SSSR count). The third-order valence-electron chi connectivity index (χ3n) is 10.5. The molecule has 0 aliphatic heterocycles. The molecule has 0 bridgehead atoms. The molecular formula is C48H28O2Se. The van der Waals surface area contributed by atoms with Gasteiger partial charge in [-0.05, 0) is 0 Å². The van der Waals surface area contributed by atoms with E-state index in [1.165, 1.54) is 84.6 Å². The maximum atomic E-state index is 6.03. The fourth-order valence-corrected chi connectivity index (χ4v) is 10.9. The zero-order chi connectivity index (χ0) is 33.5. The quantitative estimate of drug-likeness (QED) is 0.134. The molecule has 0 saturated carbocycles. The molecule has 0 N–H and O–H groups in total. The summed E-state index contributed by atoms with van der Waals surface area (Å²) in [5, 5.41) is 12.5. The van der Waals surface area contributed by atoms with Gasteiger partial charge in [-0.2, -0.15) is 0 Å². The van der Waals surface area contributed by atoms with Crippen molar-refractivity contribution in [1.29, 1.82) is 0 Å². The van der Waals surface area contributed by atoms with E-state index in [2.05, 4.69) is 146 Å². The predicted molar refractivity (Wildman–Crippen MR) is 215 cm³/mol. The standard InChI is InChI=1S/C48H28O2Se/c1-5-16-34-30(12-1)44(31-13-2-6-17-35(31)46(34)40-21-10-26-49-40)29-24-25-38-43(28-29)51-42-23-9-20-39(48(38)42)45-32-14-3-7-18-36(32)47(41-22-11-27-50-41)37-19-8-4-15-33(37)45/h1-28H. The molecule has 0 atom stereocenters. The van der Waals surface area contributed by atoms with Crippen LogP contribution in [0.2, 0.25) is 0 Å². The van der Waals surface area contributed by atoms with E-state index in [0.29, 0.717) is 0 Å². The summed E-state index contributed by atoms with van der Waals surface area (Å²) < 4.78 is 14.9. The van der Waals surface area contributed by atoms with E-state index in [4.69, 9.17) is 8.83 Å². The Morgan fingerprint density at radius 3 is 1.27 bits per heavy atom. The Bertz CT molecular complexity index is 3010. The van der Waals surface area contributed by atoms with Gasteiger partial charge in [-0.25, -0.2) is 0 Å². The normalized spacial score (nSPS) is 11.9. The monoisotopic (exact) mass is 716 g/mol. The molecule has 0 spiro atoms. The molecule has 3 heteroatoms. The Kier molecular flexibility index (Phi) is 6.30. The average Bonchev–Trinajstić information content (AvgIpc) is 3.98. The Hall–Kier alpha value is -6.12. The van der Waals surface area contributed by atoms with Crippen molar-refractivity contribution < 1.29 is 8.83 Å². The summed E-state index contributed by atoms with van der Waals surface area (Å²) in [4.78, 5) is 0. The molecule has 0 saturated heterocycles. The van der Waals surface area contributed by atoms with Crippen LogP contribution in [0.4, 0.5) is 0 Å². The average molecular weight is 716 g/mol. The minimum absolute atomic E-state index is 0.163. The molecule has 0 radical (unpaired) electrons. The van der Waals surface area contributed by atoms with Gasteiger partial charge in [0.2, 0.25) is 0 Å². The molecule has 3 heterocycles. The Balaban J connectivity index is 1.19. The molecule has 3 aromatic heterocycles. The summed E-state index contributed by atoms with van der Waals surface area (Å²) in [5.74, 6) is 1.79. The second kappa shape index (κ2) is 11.2. The van der Waals surface area contributed by atoms with Gasteiger partial charge in [0.25, 0.3) is 0 Å². The third-order valence-corrected chi connectivity index (χ3v) is 12.8. The number of rotatable bonds is 4. The molecule has 0 aliphatic carbocycles. The van der Waals surface area contributed by atoms with Gasteiger partial charge >= 0.3 is 301 Å². The first-order valence-corrected chi connectivity index (χ1v) is 19.0. The van der Waals surface area contributed by atoms with Crippen molar-refractivity contribution in [3.63, 3.8) is 0 Å². The minimum atomic E-state index is 0.163. The molecule has 0 aliphatic rings. The number of furan rings is 2. The maximum absolute atomic E-state index is 6.03. The van der Waals surface area contributed by atoms with Gasteiger partial charge in [0, 0.05) is 0 Å². The Labute approximate surface area is 299 Å². The van der Waals surface area contributed by atoms with Crippen molar-refractivity contribution in [2.24, 2.45) is 0 Å². The molecule has 0 amide bonds. The topological polar surface area (TPSA) is 26.3 Å². The zero-order valence-electron chi connectivity index (χ0n) is 27.4. The van der Waals surface area contributed by atoms with Crippen LogP contribution >= 0.6 is 0 Å². The second-order valence-corrected chi connectivity index (χ2v) is 15.4. The van der Waals surface area contributed by atoms with Crippen LogP contribution in [-0.4, -0.2) is 14.5 Å². The zero-order valence-corrected chi connectivity index (χ0v) is 29.1. The van der Waals surface area contributed by atoms with Crippen molar-refractivity contribution in [2.45, 2.75) is 0 Å². The van der Waals surface area contributed by atoms with E-state index >= 15 is 0 Å². The van der Waals surface area contributed by atoms with Crippen LogP contribution in [0.15, 0.2) is 179 Å². The molecule has 2 nitrogen and oxygen atoms in total. The van der Waals surface area contributed by atoms with Crippen molar-refractivity contribution in [2.75, 3.05) is 0 Å². The summed E-state index contributed by atoms with van der Waals surface area (Å²) in [6.45, 7) is 0. The molecular weight excluding hydrogens is 687 g/mol. The van der Waals surface area contributed by atoms with E-state index in [0.717, 1.165) is 22.6 Å². The van der Waals surface area contributed by atoms with Gasteiger partial charge in [-0.3, -0.25) is 0 Å². The van der Waals surface area contributed by atoms with Crippen LogP contribution in [-0.2, 0) is 0 Å². The summed E-state index contributed by atoms with van der Waals surface area (Å²) in [5.41, 5.74) is 7.40. The molecule has 0 fully saturated rings. The van der Waals surface area contributed by atoms with Crippen LogP contribution < -0.4 is 0 Å². The van der Waals surface area contributed by atoms with E-state index < -0.39 is 0 Å². The number of hydrogen-bond acceptors (Lipinski definition) is 2. The first-order valence-electron chi connectivity index (χ1n) is 17.2. The fourth-order valence-electron chi connectivity index (χ4n) is 8.42. The summed E-state index contributed by atoms with van der Waals surface area (Å²) in [7, 11) is 0. The predicted octanol–water partition coefficient (Wildman–Crippen LogP) is 13.5. The van der Waals surface area contributed by atoms with E-state index in [9.17, 15) is 0 Å². The van der Waals surface area contributed by atoms with E-state index in [1.54, 1.807) is 12.5 Å². The third kappa shape index (κ3) is 4.23. The first-order chi connectivity index (χ1) is 25.3. The Morgan fingerprint density at radius 1 is 0.333 bits per heavy atom. The van der Waals surface area contributed by atoms with Crippen molar-refractivity contribution in [1.82, 2.24) is 0 Å². The Morgan fingerprint density at radius 2 is 0.804 bits per heavy atom. The van der Waals surface area contributed by atoms with Crippen LogP contribution in [0.25, 0.3) is 107 Å². The van der Waals surface area contributed by atoms with Gasteiger partial charge in [-0.1, -0.05) is 0 Å². The van der Waals surface area contributed by atoms with E-state index in [1.807, 2.05) is 12.1 Å². The number of hydrogen-bond donors (Lipinski definition) is 0. The summed E-state index contributed by atoms with van der Waals surface area (Å²) in [6, 6.07) is 57.4. The van der Waals surface area contributed by atoms with Gasteiger partial charge in [0.1, 0.15) is 0 Å². The van der Waals surface area contributed by atoms with Crippen molar-refractivity contribution in [3.05, 3.63) is 170 Å². The second-order valence-electron chi connectivity index (χ2n) is 13.1. The van der Waals surface area contributed by atoms with Crippen LogP contribution in [0, 0.1) is 0 Å². The molecule has 238 valence electrons. The van der Waals surface area contributed by atoms with Gasteiger partial charge in [0.15, 0.2) is 0 Å². The SMILES string of the molecule is c1coc(-c2c3ccccc3c(-c3ccc4c(c3)[se]c3cccc(-c5c6ccccc6c(-c6ccco6)c6ccccc56)c34)c3ccccc23)c1. The molecule has 8 aromatic carbocycles. The molecule has 0 unspecified atom stereocenters. The van der Waals surface area contributed by atoms with Crippen LogP contribution in [0.5, 0.6) is 0 Å². The van der Waals surface area contributed by atoms with E-state index in [-0.39, 0.29) is 14.5 Å². The summed E-state index contributed by atoms with van der Waals surface area (Å²) in [6.07, 6.45) is 3.53.